The van der Waals surface area contributed by atoms with Crippen molar-refractivity contribution in [2.24, 2.45) is 0 Å². The van der Waals surface area contributed by atoms with E-state index in [1.54, 1.807) is 0 Å². The van der Waals surface area contributed by atoms with E-state index in [1.807, 2.05) is 12.2 Å². The maximum atomic E-state index is 3.72. The average Bonchev–Trinajstić information content (AvgIpc) is 2.11. The zero-order valence-corrected chi connectivity index (χ0v) is 8.89. The molecule has 0 aliphatic rings. The molecule has 0 fully saturated rings. The smallest absolute Gasteiger partial charge is 0.00731 e. The molecule has 0 rings (SSSR count). The van der Waals surface area contributed by atoms with Crippen molar-refractivity contribution in [1.29, 1.82) is 0 Å². The van der Waals surface area contributed by atoms with Gasteiger partial charge in [0.05, 0.1) is 0 Å². The molecule has 0 aromatic heterocycles. The van der Waals surface area contributed by atoms with Gasteiger partial charge in [-0.25, -0.2) is 0 Å². The van der Waals surface area contributed by atoms with Gasteiger partial charge in [-0.05, 0) is 39.2 Å². The van der Waals surface area contributed by atoms with Gasteiger partial charge in [0.2, 0.25) is 0 Å². The van der Waals surface area contributed by atoms with Crippen molar-refractivity contribution in [3.8, 4) is 0 Å². The first kappa shape index (κ1) is 12.4. The van der Waals surface area contributed by atoms with E-state index in [0.29, 0.717) is 6.04 Å². The molecule has 1 unspecified atom stereocenters. The lowest BCUT2D eigenvalue weighted by atomic mass is 10.2. The SMILES string of the molecule is C=CCCCCCNC(C)CC=C. The van der Waals surface area contributed by atoms with Crippen molar-refractivity contribution in [3.63, 3.8) is 0 Å². The first-order valence-electron chi connectivity index (χ1n) is 5.26. The Bertz CT molecular complexity index is 129. The Labute approximate surface area is 82.9 Å². The summed E-state index contributed by atoms with van der Waals surface area (Å²) in [5, 5.41) is 3.46. The third kappa shape index (κ3) is 9.35. The second-order valence-electron chi connectivity index (χ2n) is 3.52. The third-order valence-electron chi connectivity index (χ3n) is 2.10. The predicted molar refractivity (Wildman–Crippen MR) is 60.9 cm³/mol. The molecule has 76 valence electrons. The Hall–Kier alpha value is -0.560. The minimum absolute atomic E-state index is 0.580. The van der Waals surface area contributed by atoms with Gasteiger partial charge in [0.25, 0.3) is 0 Å². The standard InChI is InChI=1S/C12H23N/c1-4-6-7-8-9-11-13-12(3)10-5-2/h4-5,12-13H,1-2,6-11H2,3H3. The number of rotatable bonds is 9. The van der Waals surface area contributed by atoms with Crippen LogP contribution in [-0.4, -0.2) is 12.6 Å². The maximum Gasteiger partial charge on any atom is 0.00731 e. The summed E-state index contributed by atoms with van der Waals surface area (Å²) >= 11 is 0. The number of hydrogen-bond donors (Lipinski definition) is 1. The molecule has 1 N–H and O–H groups in total. The lowest BCUT2D eigenvalue weighted by Gasteiger charge is -2.10. The minimum Gasteiger partial charge on any atom is -0.314 e. The van der Waals surface area contributed by atoms with Gasteiger partial charge in [-0.1, -0.05) is 18.6 Å². The predicted octanol–water partition coefficient (Wildman–Crippen LogP) is 3.29. The van der Waals surface area contributed by atoms with Crippen LogP contribution in [0.1, 0.15) is 39.0 Å². The van der Waals surface area contributed by atoms with Crippen LogP contribution in [0.25, 0.3) is 0 Å². The van der Waals surface area contributed by atoms with Crippen LogP contribution in [0.5, 0.6) is 0 Å². The molecule has 0 saturated heterocycles. The quantitative estimate of drug-likeness (QED) is 0.425. The Morgan fingerprint density at radius 3 is 2.54 bits per heavy atom. The lowest BCUT2D eigenvalue weighted by molar-refractivity contribution is 0.526. The fourth-order valence-electron chi connectivity index (χ4n) is 1.27. The summed E-state index contributed by atoms with van der Waals surface area (Å²) in [5.74, 6) is 0. The highest BCUT2D eigenvalue weighted by Gasteiger charge is 1.96. The van der Waals surface area contributed by atoms with Gasteiger partial charge in [0.1, 0.15) is 0 Å². The van der Waals surface area contributed by atoms with Crippen LogP contribution in [0.3, 0.4) is 0 Å². The monoisotopic (exact) mass is 181 g/mol. The number of nitrogens with one attached hydrogen (secondary N) is 1. The van der Waals surface area contributed by atoms with E-state index in [2.05, 4.69) is 25.4 Å². The molecule has 0 heterocycles. The van der Waals surface area contributed by atoms with Crippen LogP contribution in [0.2, 0.25) is 0 Å². The van der Waals surface area contributed by atoms with Crippen LogP contribution in [0.4, 0.5) is 0 Å². The normalized spacial score (nSPS) is 12.4. The highest BCUT2D eigenvalue weighted by molar-refractivity contribution is 4.74. The van der Waals surface area contributed by atoms with Gasteiger partial charge in [-0.15, -0.1) is 13.2 Å². The average molecular weight is 181 g/mol. The van der Waals surface area contributed by atoms with Crippen LogP contribution in [-0.2, 0) is 0 Å². The summed E-state index contributed by atoms with van der Waals surface area (Å²) in [6, 6.07) is 0.580. The maximum absolute atomic E-state index is 3.72. The van der Waals surface area contributed by atoms with Gasteiger partial charge in [0, 0.05) is 6.04 Å². The minimum atomic E-state index is 0.580. The van der Waals surface area contributed by atoms with E-state index in [-0.39, 0.29) is 0 Å². The van der Waals surface area contributed by atoms with Gasteiger partial charge in [-0.3, -0.25) is 0 Å². The molecule has 0 saturated carbocycles. The van der Waals surface area contributed by atoms with Gasteiger partial charge in [-0.2, -0.15) is 0 Å². The summed E-state index contributed by atoms with van der Waals surface area (Å²) in [4.78, 5) is 0. The molecule has 0 aromatic carbocycles. The number of hydrogen-bond acceptors (Lipinski definition) is 1. The molecular weight excluding hydrogens is 158 g/mol. The van der Waals surface area contributed by atoms with Gasteiger partial charge in [0.15, 0.2) is 0 Å². The molecule has 13 heavy (non-hydrogen) atoms. The molecule has 0 aliphatic heterocycles. The largest absolute Gasteiger partial charge is 0.314 e. The van der Waals surface area contributed by atoms with Crippen LogP contribution in [0, 0.1) is 0 Å². The zero-order valence-electron chi connectivity index (χ0n) is 8.89. The first-order chi connectivity index (χ1) is 6.31. The van der Waals surface area contributed by atoms with Crippen molar-refractivity contribution in [3.05, 3.63) is 25.3 Å². The van der Waals surface area contributed by atoms with Crippen molar-refractivity contribution in [2.75, 3.05) is 6.54 Å². The first-order valence-corrected chi connectivity index (χ1v) is 5.26. The van der Waals surface area contributed by atoms with Crippen LogP contribution < -0.4 is 5.32 Å². The van der Waals surface area contributed by atoms with Crippen molar-refractivity contribution < 1.29 is 0 Å². The number of allylic oxidation sites excluding steroid dienone is 1. The Morgan fingerprint density at radius 1 is 1.15 bits per heavy atom. The lowest BCUT2D eigenvalue weighted by Crippen LogP contribution is -2.26. The van der Waals surface area contributed by atoms with E-state index in [0.717, 1.165) is 19.4 Å². The molecule has 0 aliphatic carbocycles. The van der Waals surface area contributed by atoms with E-state index < -0.39 is 0 Å². The molecule has 0 radical (unpaired) electrons. The fourth-order valence-corrected chi connectivity index (χ4v) is 1.27. The molecule has 1 heteroatoms. The highest BCUT2D eigenvalue weighted by Crippen LogP contribution is 1.99. The van der Waals surface area contributed by atoms with Crippen molar-refractivity contribution >= 4 is 0 Å². The topological polar surface area (TPSA) is 12.0 Å². The summed E-state index contributed by atoms with van der Waals surface area (Å²) < 4.78 is 0. The van der Waals surface area contributed by atoms with Crippen LogP contribution in [0.15, 0.2) is 25.3 Å². The molecule has 1 atom stereocenters. The Morgan fingerprint density at radius 2 is 1.92 bits per heavy atom. The zero-order chi connectivity index (χ0) is 9.94. The summed E-state index contributed by atoms with van der Waals surface area (Å²) in [6.07, 6.45) is 10.0. The van der Waals surface area contributed by atoms with Crippen molar-refractivity contribution in [1.82, 2.24) is 5.32 Å². The van der Waals surface area contributed by atoms with Gasteiger partial charge < -0.3 is 5.32 Å². The summed E-state index contributed by atoms with van der Waals surface area (Å²) in [6.45, 7) is 10.8. The van der Waals surface area contributed by atoms with Crippen molar-refractivity contribution in [2.45, 2.75) is 45.1 Å². The Kier molecular flexibility index (Phi) is 9.12. The van der Waals surface area contributed by atoms with E-state index in [4.69, 9.17) is 0 Å². The second kappa shape index (κ2) is 9.53. The fraction of sp³-hybridized carbons (Fsp3) is 0.667. The molecule has 1 nitrogen and oxygen atoms in total. The molecular formula is C12H23N. The second-order valence-corrected chi connectivity index (χ2v) is 3.52. The Balaban J connectivity index is 3.05. The van der Waals surface area contributed by atoms with E-state index >= 15 is 0 Å². The molecule has 0 aromatic rings. The summed E-state index contributed by atoms with van der Waals surface area (Å²) in [5.41, 5.74) is 0. The number of unbranched alkanes of at least 4 members (excludes halogenated alkanes) is 3. The molecule has 0 amide bonds. The van der Waals surface area contributed by atoms with Gasteiger partial charge >= 0.3 is 0 Å². The van der Waals surface area contributed by atoms with E-state index in [9.17, 15) is 0 Å². The van der Waals surface area contributed by atoms with E-state index in [1.165, 1.54) is 19.3 Å². The highest BCUT2D eigenvalue weighted by atomic mass is 14.9. The van der Waals surface area contributed by atoms with Crippen LogP contribution >= 0.6 is 0 Å². The summed E-state index contributed by atoms with van der Waals surface area (Å²) in [7, 11) is 0. The third-order valence-corrected chi connectivity index (χ3v) is 2.10. The molecule has 0 bridgehead atoms. The molecule has 0 spiro atoms.